The van der Waals surface area contributed by atoms with Gasteiger partial charge in [-0.05, 0) is 0 Å². The molecule has 1 heterocycles. The zero-order valence-corrected chi connectivity index (χ0v) is 12.1. The van der Waals surface area contributed by atoms with Crippen molar-refractivity contribution < 1.29 is 36.2 Å². The Morgan fingerprint density at radius 3 is 2.48 bits per heavy atom. The first kappa shape index (κ1) is 17.6. The first-order valence-corrected chi connectivity index (χ1v) is 6.49. The summed E-state index contributed by atoms with van der Waals surface area (Å²) < 4.78 is 71.1. The summed E-state index contributed by atoms with van der Waals surface area (Å²) in [6.07, 6.45) is -8.30. The van der Waals surface area contributed by atoms with E-state index in [-0.39, 0.29) is 11.0 Å². The topological polar surface area (TPSA) is 48.4 Å². The van der Waals surface area contributed by atoms with Crippen molar-refractivity contribution in [1.82, 2.24) is 4.98 Å². The summed E-state index contributed by atoms with van der Waals surface area (Å²) in [7, 11) is 0.987. The van der Waals surface area contributed by atoms with Crippen molar-refractivity contribution in [3.8, 4) is 5.75 Å². The number of hydrogen-bond acceptors (Lipinski definition) is 4. The number of esters is 1. The summed E-state index contributed by atoms with van der Waals surface area (Å²) in [4.78, 5) is 14.7. The van der Waals surface area contributed by atoms with E-state index in [1.54, 1.807) is 0 Å². The van der Waals surface area contributed by atoms with Crippen LogP contribution in [0, 0.1) is 0 Å². The number of alkyl halides is 6. The van der Waals surface area contributed by atoms with E-state index in [1.165, 1.54) is 0 Å². The molecule has 0 radical (unpaired) electrons. The third kappa shape index (κ3) is 4.80. The molecular formula is C11H9BrF5NO3. The largest absolute Gasteiger partial charge is 0.573 e. The highest BCUT2D eigenvalue weighted by atomic mass is 79.9. The molecule has 118 valence electrons. The highest BCUT2D eigenvalue weighted by molar-refractivity contribution is 9.08. The second-order valence-corrected chi connectivity index (χ2v) is 4.26. The molecule has 21 heavy (non-hydrogen) atoms. The fourth-order valence-corrected chi connectivity index (χ4v) is 1.91. The number of aromatic nitrogens is 1. The Labute approximate surface area is 124 Å². The lowest BCUT2D eigenvalue weighted by Gasteiger charge is -2.18. The van der Waals surface area contributed by atoms with E-state index in [4.69, 9.17) is 0 Å². The average Bonchev–Trinajstić information content (AvgIpc) is 2.38. The second kappa shape index (κ2) is 7.01. The predicted molar refractivity (Wildman–Crippen MR) is 64.2 cm³/mol. The molecule has 1 rings (SSSR count). The third-order valence-corrected chi connectivity index (χ3v) is 2.90. The minimum absolute atomic E-state index is 0.171. The number of carbonyl (C=O) groups excluding carboxylic acids is 1. The molecule has 0 fully saturated rings. The fraction of sp³-hybridized carbons (Fsp3) is 0.455. The number of carbonyl (C=O) groups is 1. The average molecular weight is 378 g/mol. The Morgan fingerprint density at radius 1 is 1.43 bits per heavy atom. The van der Waals surface area contributed by atoms with Gasteiger partial charge in [-0.25, -0.2) is 8.78 Å². The normalized spacial score (nSPS) is 11.6. The molecule has 0 aliphatic carbocycles. The van der Waals surface area contributed by atoms with E-state index in [1.807, 2.05) is 0 Å². The number of nitrogens with zero attached hydrogens (tertiary/aromatic N) is 1. The number of pyridine rings is 1. The lowest BCUT2D eigenvalue weighted by molar-refractivity contribution is -0.275. The molecule has 10 heteroatoms. The van der Waals surface area contributed by atoms with Gasteiger partial charge in [0.2, 0.25) is 0 Å². The standard InChI is InChI=1S/C11H9BrF5NO3/c1-20-8(19)2-5-6(10(13)14)4-18-7(3-12)9(5)21-11(15,16)17/h4,10H,2-3H2,1H3. The van der Waals surface area contributed by atoms with Gasteiger partial charge in [-0.2, -0.15) is 0 Å². The molecule has 0 aliphatic rings. The quantitative estimate of drug-likeness (QED) is 0.447. The monoisotopic (exact) mass is 377 g/mol. The minimum Gasteiger partial charge on any atom is -0.469 e. The summed E-state index contributed by atoms with van der Waals surface area (Å²) in [6.45, 7) is 0. The van der Waals surface area contributed by atoms with Crippen molar-refractivity contribution in [2.24, 2.45) is 0 Å². The number of ether oxygens (including phenoxy) is 2. The summed E-state index contributed by atoms with van der Waals surface area (Å²) in [5.74, 6) is -1.89. The van der Waals surface area contributed by atoms with Crippen molar-refractivity contribution in [2.75, 3.05) is 7.11 Å². The highest BCUT2D eigenvalue weighted by Gasteiger charge is 2.35. The Hall–Kier alpha value is -1.45. The molecule has 0 atom stereocenters. The van der Waals surface area contributed by atoms with E-state index in [0.29, 0.717) is 6.20 Å². The molecule has 0 N–H and O–H groups in total. The Balaban J connectivity index is 3.45. The van der Waals surface area contributed by atoms with Gasteiger partial charge in [-0.1, -0.05) is 15.9 Å². The lowest BCUT2D eigenvalue weighted by Crippen LogP contribution is -2.21. The molecule has 0 amide bonds. The smallest absolute Gasteiger partial charge is 0.469 e. The molecule has 0 aliphatic heterocycles. The molecule has 0 spiro atoms. The Bertz CT molecular complexity index is 521. The van der Waals surface area contributed by atoms with Crippen LogP contribution in [0.4, 0.5) is 22.0 Å². The number of hydrogen-bond donors (Lipinski definition) is 0. The van der Waals surface area contributed by atoms with Crippen LogP contribution in [-0.2, 0) is 21.3 Å². The molecule has 0 saturated carbocycles. The van der Waals surface area contributed by atoms with Crippen LogP contribution in [0.5, 0.6) is 5.75 Å². The SMILES string of the molecule is COC(=O)Cc1c(C(F)F)cnc(CBr)c1OC(F)(F)F. The van der Waals surface area contributed by atoms with Gasteiger partial charge >= 0.3 is 12.3 Å². The van der Waals surface area contributed by atoms with Crippen molar-refractivity contribution in [1.29, 1.82) is 0 Å². The van der Waals surface area contributed by atoms with Crippen LogP contribution in [-0.4, -0.2) is 24.4 Å². The van der Waals surface area contributed by atoms with Crippen molar-refractivity contribution in [3.63, 3.8) is 0 Å². The van der Waals surface area contributed by atoms with Crippen LogP contribution in [0.2, 0.25) is 0 Å². The van der Waals surface area contributed by atoms with E-state index in [2.05, 4.69) is 30.4 Å². The van der Waals surface area contributed by atoms with E-state index < -0.39 is 42.1 Å². The first-order valence-electron chi connectivity index (χ1n) is 5.37. The van der Waals surface area contributed by atoms with Crippen LogP contribution in [0.25, 0.3) is 0 Å². The number of rotatable bonds is 5. The molecule has 0 bridgehead atoms. The van der Waals surface area contributed by atoms with Crippen LogP contribution < -0.4 is 4.74 Å². The van der Waals surface area contributed by atoms with Crippen molar-refractivity contribution in [3.05, 3.63) is 23.0 Å². The van der Waals surface area contributed by atoms with Gasteiger partial charge in [0.05, 0.1) is 19.2 Å². The van der Waals surface area contributed by atoms with Gasteiger partial charge in [0.15, 0.2) is 5.75 Å². The minimum atomic E-state index is -5.11. The number of methoxy groups -OCH3 is 1. The van der Waals surface area contributed by atoms with E-state index in [9.17, 15) is 26.7 Å². The van der Waals surface area contributed by atoms with Crippen LogP contribution in [0.15, 0.2) is 6.20 Å². The lowest BCUT2D eigenvalue weighted by atomic mass is 10.0. The second-order valence-electron chi connectivity index (χ2n) is 3.70. The van der Waals surface area contributed by atoms with E-state index >= 15 is 0 Å². The third-order valence-electron chi connectivity index (χ3n) is 2.37. The predicted octanol–water partition coefficient (Wildman–Crippen LogP) is 3.53. The molecule has 4 nitrogen and oxygen atoms in total. The fourth-order valence-electron chi connectivity index (χ4n) is 1.51. The van der Waals surface area contributed by atoms with Crippen LogP contribution >= 0.6 is 15.9 Å². The molecule has 0 aromatic carbocycles. The summed E-state index contributed by atoms with van der Waals surface area (Å²) in [5.41, 5.74) is -1.67. The number of halogens is 6. The maximum Gasteiger partial charge on any atom is 0.573 e. The Kier molecular flexibility index (Phi) is 5.87. The first-order chi connectivity index (χ1) is 9.69. The summed E-state index contributed by atoms with van der Waals surface area (Å²) in [6, 6.07) is 0. The summed E-state index contributed by atoms with van der Waals surface area (Å²) >= 11 is 2.88. The molecule has 0 saturated heterocycles. The van der Waals surface area contributed by atoms with Gasteiger partial charge in [0.1, 0.15) is 0 Å². The Morgan fingerprint density at radius 2 is 2.05 bits per heavy atom. The van der Waals surface area contributed by atoms with Gasteiger partial charge < -0.3 is 9.47 Å². The van der Waals surface area contributed by atoms with Gasteiger partial charge in [0, 0.05) is 22.7 Å². The van der Waals surface area contributed by atoms with Crippen LogP contribution in [0.1, 0.15) is 23.2 Å². The maximum atomic E-state index is 12.9. The molecule has 0 unspecified atom stereocenters. The molecular weight excluding hydrogens is 369 g/mol. The van der Waals surface area contributed by atoms with Crippen LogP contribution in [0.3, 0.4) is 0 Å². The highest BCUT2D eigenvalue weighted by Crippen LogP contribution is 2.36. The zero-order chi connectivity index (χ0) is 16.2. The summed E-state index contributed by atoms with van der Waals surface area (Å²) in [5, 5.41) is -0.171. The van der Waals surface area contributed by atoms with Gasteiger partial charge in [-0.3, -0.25) is 9.78 Å². The zero-order valence-electron chi connectivity index (χ0n) is 10.5. The van der Waals surface area contributed by atoms with Gasteiger partial charge in [-0.15, -0.1) is 13.2 Å². The maximum absolute atomic E-state index is 12.9. The van der Waals surface area contributed by atoms with Crippen molar-refractivity contribution in [2.45, 2.75) is 24.5 Å². The molecule has 1 aromatic heterocycles. The van der Waals surface area contributed by atoms with Gasteiger partial charge in [0.25, 0.3) is 6.43 Å². The molecule has 1 aromatic rings. The van der Waals surface area contributed by atoms with Crippen molar-refractivity contribution >= 4 is 21.9 Å². The van der Waals surface area contributed by atoms with E-state index in [0.717, 1.165) is 7.11 Å².